The molecule has 138 valence electrons. The van der Waals surface area contributed by atoms with Gasteiger partial charge in [-0.15, -0.1) is 0 Å². The summed E-state index contributed by atoms with van der Waals surface area (Å²) in [7, 11) is 0. The van der Waals surface area contributed by atoms with E-state index >= 15 is 0 Å². The van der Waals surface area contributed by atoms with Crippen molar-refractivity contribution in [2.24, 2.45) is 0 Å². The van der Waals surface area contributed by atoms with Gasteiger partial charge in [0.15, 0.2) is 0 Å². The van der Waals surface area contributed by atoms with Crippen LogP contribution in [0, 0.1) is 0 Å². The lowest BCUT2D eigenvalue weighted by Gasteiger charge is -2.29. The van der Waals surface area contributed by atoms with Gasteiger partial charge in [0, 0.05) is 19.1 Å². The highest BCUT2D eigenvalue weighted by Gasteiger charge is 2.13. The second-order valence-corrected chi connectivity index (χ2v) is 6.78. The molecule has 2 aromatic carbocycles. The Morgan fingerprint density at radius 3 is 2.11 bits per heavy atom. The van der Waals surface area contributed by atoms with Crippen molar-refractivity contribution in [2.75, 3.05) is 4.90 Å². The molecule has 1 aromatic heterocycles. The SMILES string of the molecule is CC(C)N(Cc1ccccc1)c1ccc(C(=O)NCc2ccccc2)nc1. The number of carbonyl (C=O) groups excluding carboxylic acids is 1. The van der Waals surface area contributed by atoms with Gasteiger partial charge in [-0.2, -0.15) is 0 Å². The summed E-state index contributed by atoms with van der Waals surface area (Å²) in [6, 6.07) is 24.3. The van der Waals surface area contributed by atoms with Crippen molar-refractivity contribution in [3.05, 3.63) is 95.8 Å². The Balaban J connectivity index is 1.66. The molecule has 0 unspecified atom stereocenters. The molecule has 4 nitrogen and oxygen atoms in total. The molecule has 0 spiro atoms. The third kappa shape index (κ3) is 5.17. The molecule has 0 bridgehead atoms. The average molecular weight is 359 g/mol. The number of rotatable bonds is 7. The highest BCUT2D eigenvalue weighted by molar-refractivity contribution is 5.92. The zero-order valence-electron chi connectivity index (χ0n) is 15.8. The second-order valence-electron chi connectivity index (χ2n) is 6.78. The predicted octanol–water partition coefficient (Wildman–Crippen LogP) is 4.43. The number of anilines is 1. The normalized spacial score (nSPS) is 10.6. The fourth-order valence-electron chi connectivity index (χ4n) is 2.91. The van der Waals surface area contributed by atoms with Gasteiger partial charge in [0.05, 0.1) is 11.9 Å². The van der Waals surface area contributed by atoms with Crippen molar-refractivity contribution in [3.8, 4) is 0 Å². The highest BCUT2D eigenvalue weighted by atomic mass is 16.1. The molecule has 1 heterocycles. The van der Waals surface area contributed by atoms with Crippen LogP contribution >= 0.6 is 0 Å². The molecule has 0 saturated heterocycles. The Bertz CT molecular complexity index is 846. The molecule has 0 fully saturated rings. The maximum atomic E-state index is 12.3. The monoisotopic (exact) mass is 359 g/mol. The standard InChI is InChI=1S/C23H25N3O/c1-18(2)26(17-20-11-7-4-8-12-20)21-13-14-22(24-16-21)23(27)25-15-19-9-5-3-6-10-19/h3-14,16,18H,15,17H2,1-2H3,(H,25,27). The third-order valence-corrected chi connectivity index (χ3v) is 4.43. The largest absolute Gasteiger partial charge is 0.364 e. The van der Waals surface area contributed by atoms with Crippen LogP contribution in [0.5, 0.6) is 0 Å². The van der Waals surface area contributed by atoms with E-state index in [0.29, 0.717) is 18.3 Å². The van der Waals surface area contributed by atoms with E-state index in [2.05, 4.69) is 41.2 Å². The Hall–Kier alpha value is -3.14. The maximum Gasteiger partial charge on any atom is 0.270 e. The van der Waals surface area contributed by atoms with Crippen LogP contribution in [-0.2, 0) is 13.1 Å². The number of pyridine rings is 1. The summed E-state index contributed by atoms with van der Waals surface area (Å²) in [6.07, 6.45) is 1.78. The molecule has 0 atom stereocenters. The summed E-state index contributed by atoms with van der Waals surface area (Å²) in [5, 5.41) is 2.91. The molecule has 0 aliphatic heterocycles. The molecule has 3 rings (SSSR count). The lowest BCUT2D eigenvalue weighted by atomic mass is 10.1. The molecular weight excluding hydrogens is 334 g/mol. The van der Waals surface area contributed by atoms with Crippen LogP contribution in [0.25, 0.3) is 0 Å². The molecule has 0 aliphatic carbocycles. The summed E-state index contributed by atoms with van der Waals surface area (Å²) in [4.78, 5) is 19.0. The number of nitrogens with one attached hydrogen (secondary N) is 1. The summed E-state index contributed by atoms with van der Waals surface area (Å²) in [5.74, 6) is -0.162. The van der Waals surface area contributed by atoms with Gasteiger partial charge >= 0.3 is 0 Å². The fraction of sp³-hybridized carbons (Fsp3) is 0.217. The topological polar surface area (TPSA) is 45.2 Å². The molecule has 0 aliphatic rings. The van der Waals surface area contributed by atoms with E-state index < -0.39 is 0 Å². The summed E-state index contributed by atoms with van der Waals surface area (Å²) in [6.45, 7) is 5.61. The Labute approximate surface area is 160 Å². The van der Waals surface area contributed by atoms with Gasteiger partial charge in [0.25, 0.3) is 5.91 Å². The minimum Gasteiger partial charge on any atom is -0.364 e. The molecule has 3 aromatic rings. The lowest BCUT2D eigenvalue weighted by molar-refractivity contribution is 0.0946. The quantitative estimate of drug-likeness (QED) is 0.679. The number of hydrogen-bond donors (Lipinski definition) is 1. The first kappa shape index (κ1) is 18.6. The van der Waals surface area contributed by atoms with Gasteiger partial charge < -0.3 is 10.2 Å². The smallest absolute Gasteiger partial charge is 0.270 e. The summed E-state index contributed by atoms with van der Waals surface area (Å²) >= 11 is 0. The molecule has 0 radical (unpaired) electrons. The van der Waals surface area contributed by atoms with Crippen LogP contribution in [0.15, 0.2) is 79.0 Å². The maximum absolute atomic E-state index is 12.3. The molecule has 27 heavy (non-hydrogen) atoms. The molecule has 0 saturated carbocycles. The number of amides is 1. The average Bonchev–Trinajstić information content (AvgIpc) is 2.72. The molecule has 1 amide bonds. The van der Waals surface area contributed by atoms with E-state index in [4.69, 9.17) is 0 Å². The van der Waals surface area contributed by atoms with E-state index in [0.717, 1.165) is 17.8 Å². The van der Waals surface area contributed by atoms with E-state index in [9.17, 15) is 4.79 Å². The van der Waals surface area contributed by atoms with Crippen LogP contribution in [-0.4, -0.2) is 16.9 Å². The molecular formula is C23H25N3O. The minimum atomic E-state index is -0.162. The van der Waals surface area contributed by atoms with Crippen LogP contribution < -0.4 is 10.2 Å². The number of aromatic nitrogens is 1. The van der Waals surface area contributed by atoms with Crippen LogP contribution in [0.4, 0.5) is 5.69 Å². The first-order valence-electron chi connectivity index (χ1n) is 9.22. The molecule has 1 N–H and O–H groups in total. The number of nitrogens with zero attached hydrogens (tertiary/aromatic N) is 2. The Morgan fingerprint density at radius 1 is 0.926 bits per heavy atom. The third-order valence-electron chi connectivity index (χ3n) is 4.43. The zero-order valence-corrected chi connectivity index (χ0v) is 15.8. The van der Waals surface area contributed by atoms with Crippen molar-refractivity contribution >= 4 is 11.6 Å². The van der Waals surface area contributed by atoms with Crippen molar-refractivity contribution in [1.29, 1.82) is 0 Å². The van der Waals surface area contributed by atoms with Crippen molar-refractivity contribution in [1.82, 2.24) is 10.3 Å². The van der Waals surface area contributed by atoms with Crippen LogP contribution in [0.3, 0.4) is 0 Å². The van der Waals surface area contributed by atoms with Crippen molar-refractivity contribution in [2.45, 2.75) is 33.0 Å². The van der Waals surface area contributed by atoms with Gasteiger partial charge in [-0.05, 0) is 37.1 Å². The summed E-state index contributed by atoms with van der Waals surface area (Å²) < 4.78 is 0. The first-order chi connectivity index (χ1) is 13.1. The highest BCUT2D eigenvalue weighted by Crippen LogP contribution is 2.19. The number of hydrogen-bond acceptors (Lipinski definition) is 3. The minimum absolute atomic E-state index is 0.162. The van der Waals surface area contributed by atoms with Gasteiger partial charge in [0.1, 0.15) is 5.69 Å². The van der Waals surface area contributed by atoms with Gasteiger partial charge in [0.2, 0.25) is 0 Å². The Morgan fingerprint density at radius 2 is 1.56 bits per heavy atom. The van der Waals surface area contributed by atoms with Crippen molar-refractivity contribution < 1.29 is 4.79 Å². The van der Waals surface area contributed by atoms with Crippen molar-refractivity contribution in [3.63, 3.8) is 0 Å². The molecule has 4 heteroatoms. The van der Waals surface area contributed by atoms with Crippen LogP contribution in [0.2, 0.25) is 0 Å². The first-order valence-corrected chi connectivity index (χ1v) is 9.22. The fourth-order valence-corrected chi connectivity index (χ4v) is 2.91. The van der Waals surface area contributed by atoms with Gasteiger partial charge in [-0.3, -0.25) is 4.79 Å². The predicted molar refractivity (Wildman–Crippen MR) is 110 cm³/mol. The van der Waals surface area contributed by atoms with Gasteiger partial charge in [-0.25, -0.2) is 4.98 Å². The van der Waals surface area contributed by atoms with E-state index in [1.54, 1.807) is 12.3 Å². The van der Waals surface area contributed by atoms with Crippen LogP contribution in [0.1, 0.15) is 35.5 Å². The van der Waals surface area contributed by atoms with Gasteiger partial charge in [-0.1, -0.05) is 60.7 Å². The number of benzene rings is 2. The number of carbonyl (C=O) groups is 1. The summed E-state index contributed by atoms with van der Waals surface area (Å²) in [5.41, 5.74) is 3.75. The van der Waals surface area contributed by atoms with E-state index in [1.807, 2.05) is 54.6 Å². The second kappa shape index (κ2) is 8.99. The lowest BCUT2D eigenvalue weighted by Crippen LogP contribution is -2.30. The van der Waals surface area contributed by atoms with E-state index in [1.165, 1.54) is 5.56 Å². The zero-order chi connectivity index (χ0) is 19.1. The van der Waals surface area contributed by atoms with E-state index in [-0.39, 0.29) is 5.91 Å². The Kier molecular flexibility index (Phi) is 6.21.